The molecule has 2 unspecified atom stereocenters. The van der Waals surface area contributed by atoms with Gasteiger partial charge in [0.15, 0.2) is 18.1 Å². The van der Waals surface area contributed by atoms with Gasteiger partial charge < -0.3 is 8.85 Å². The maximum atomic E-state index is 6.23. The Morgan fingerprint density at radius 2 is 1.00 bits per heavy atom. The summed E-state index contributed by atoms with van der Waals surface area (Å²) >= 11 is 0. The van der Waals surface area contributed by atoms with Crippen LogP contribution >= 0.6 is 0 Å². The molecule has 0 amide bonds. The van der Waals surface area contributed by atoms with Crippen LogP contribution in [0.3, 0.4) is 0 Å². The van der Waals surface area contributed by atoms with Crippen LogP contribution in [0.2, 0.25) is 17.8 Å². The fourth-order valence-corrected chi connectivity index (χ4v) is 10.0. The van der Waals surface area contributed by atoms with Crippen LogP contribution in [0, 0.1) is 0 Å². The van der Waals surface area contributed by atoms with Gasteiger partial charge in [0.2, 0.25) is 0 Å². The van der Waals surface area contributed by atoms with Gasteiger partial charge in [-0.3, -0.25) is 0 Å². The summed E-state index contributed by atoms with van der Waals surface area (Å²) in [5.41, 5.74) is 1.30. The highest BCUT2D eigenvalue weighted by atomic mass is 28.4. The molecule has 0 aromatic rings. The zero-order chi connectivity index (χ0) is 13.7. The van der Waals surface area contributed by atoms with Crippen LogP contribution in [0.15, 0.2) is 0 Å². The van der Waals surface area contributed by atoms with Crippen molar-refractivity contribution in [2.75, 3.05) is 0 Å². The Morgan fingerprint density at radius 3 is 1.18 bits per heavy atom. The number of hydrogen-bond acceptors (Lipinski definition) is 2. The van der Waals surface area contributed by atoms with Crippen molar-refractivity contribution in [1.29, 1.82) is 0 Å². The maximum Gasteiger partial charge on any atom is 0.176 e. The Balaban J connectivity index is 4.32. The molecule has 0 aliphatic rings. The molecule has 0 aromatic heterocycles. The van der Waals surface area contributed by atoms with Gasteiger partial charge in [-0.2, -0.15) is 0 Å². The Bertz CT molecular complexity index is 184. The molecule has 0 aliphatic carbocycles. The molecule has 0 rings (SSSR count). The molecule has 0 radical (unpaired) electrons. The zero-order valence-electron chi connectivity index (χ0n) is 13.1. The third-order valence-electron chi connectivity index (χ3n) is 2.48. The lowest BCUT2D eigenvalue weighted by Crippen LogP contribution is -2.38. The second-order valence-corrected chi connectivity index (χ2v) is 13.2. The summed E-state index contributed by atoms with van der Waals surface area (Å²) in [7, 11) is -2.13. The van der Waals surface area contributed by atoms with Gasteiger partial charge in [0.1, 0.15) is 0 Å². The van der Waals surface area contributed by atoms with E-state index in [2.05, 4.69) is 55.4 Å². The normalized spacial score (nSPS) is 16.9. The predicted octanol–water partition coefficient (Wildman–Crippen LogP) is 3.64. The zero-order valence-corrected chi connectivity index (χ0v) is 15.4. The number of hydrogen-bond donors (Lipinski definition) is 0. The van der Waals surface area contributed by atoms with E-state index < -0.39 is 18.1 Å². The Labute approximate surface area is 112 Å². The molecule has 0 saturated heterocycles. The summed E-state index contributed by atoms with van der Waals surface area (Å²) in [4.78, 5) is 0. The highest BCUT2D eigenvalue weighted by Gasteiger charge is 2.26. The summed E-state index contributed by atoms with van der Waals surface area (Å²) < 4.78 is 12.5. The summed E-state index contributed by atoms with van der Waals surface area (Å²) in [6, 6.07) is 2.43. The minimum absolute atomic E-state index is 0.0152. The lowest BCUT2D eigenvalue weighted by atomic mass is 10.2. The van der Waals surface area contributed by atoms with Crippen LogP contribution in [-0.2, 0) is 8.85 Å². The second kappa shape index (κ2) is 7.07. The van der Waals surface area contributed by atoms with Crippen LogP contribution in [0.4, 0.5) is 0 Å². The first kappa shape index (κ1) is 17.4. The molecular formula is C13H32O2Si2. The first-order valence-electron chi connectivity index (χ1n) is 6.93. The molecule has 0 N–H and O–H groups in total. The lowest BCUT2D eigenvalue weighted by molar-refractivity contribution is 0.121. The molecule has 17 heavy (non-hydrogen) atoms. The van der Waals surface area contributed by atoms with E-state index in [4.69, 9.17) is 8.85 Å². The van der Waals surface area contributed by atoms with Gasteiger partial charge in [-0.25, -0.2) is 0 Å². The molecular weight excluding hydrogens is 244 g/mol. The number of rotatable bonds is 6. The van der Waals surface area contributed by atoms with Crippen molar-refractivity contribution in [3.8, 4) is 0 Å². The molecule has 2 nitrogen and oxygen atoms in total. The minimum atomic E-state index is -1.07. The molecule has 0 heterocycles. The van der Waals surface area contributed by atoms with Gasteiger partial charge in [0.25, 0.3) is 0 Å². The quantitative estimate of drug-likeness (QED) is 0.690. The highest BCUT2D eigenvalue weighted by Crippen LogP contribution is 2.19. The van der Waals surface area contributed by atoms with Crippen molar-refractivity contribution in [3.63, 3.8) is 0 Å². The molecule has 0 spiro atoms. The predicted molar refractivity (Wildman–Crippen MR) is 81.7 cm³/mol. The Kier molecular flexibility index (Phi) is 7.22. The van der Waals surface area contributed by atoms with E-state index in [0.29, 0.717) is 0 Å². The average Bonchev–Trinajstić information content (AvgIpc) is 2.11. The summed E-state index contributed by atoms with van der Waals surface area (Å²) in [5, 5.41) is 0. The maximum absolute atomic E-state index is 6.23. The minimum Gasteiger partial charge on any atom is -0.416 e. The molecule has 0 fully saturated rings. The van der Waals surface area contributed by atoms with Gasteiger partial charge in [-0.15, -0.1) is 0 Å². The van der Waals surface area contributed by atoms with Gasteiger partial charge in [0, 0.05) is 11.2 Å². The molecule has 0 aromatic carbocycles. The third-order valence-corrected chi connectivity index (χ3v) is 10.6. The summed E-state index contributed by atoms with van der Waals surface area (Å²) in [6.07, 6.45) is 0. The Hall–Kier alpha value is 0.354. The van der Waals surface area contributed by atoms with Crippen molar-refractivity contribution < 1.29 is 8.85 Å². The van der Waals surface area contributed by atoms with Crippen LogP contribution < -0.4 is 0 Å². The van der Waals surface area contributed by atoms with Crippen LogP contribution in [0.5, 0.6) is 0 Å². The van der Waals surface area contributed by atoms with Crippen molar-refractivity contribution in [3.05, 3.63) is 0 Å². The van der Waals surface area contributed by atoms with Gasteiger partial charge in [0.05, 0.1) is 0 Å². The van der Waals surface area contributed by atoms with Crippen LogP contribution in [-0.4, -0.2) is 29.3 Å². The molecule has 4 heteroatoms. The van der Waals surface area contributed by atoms with Crippen molar-refractivity contribution >= 4 is 18.1 Å². The van der Waals surface area contributed by atoms with Gasteiger partial charge in [-0.05, 0) is 59.3 Å². The fourth-order valence-electron chi connectivity index (χ4n) is 1.89. The van der Waals surface area contributed by atoms with Crippen molar-refractivity contribution in [2.45, 2.75) is 84.3 Å². The molecule has 0 saturated carbocycles. The smallest absolute Gasteiger partial charge is 0.176 e. The van der Waals surface area contributed by atoms with E-state index in [-0.39, 0.29) is 11.2 Å². The van der Waals surface area contributed by atoms with Gasteiger partial charge in [-0.1, -0.05) is 13.8 Å². The lowest BCUT2D eigenvalue weighted by Gasteiger charge is -2.31. The largest absolute Gasteiger partial charge is 0.416 e. The second-order valence-electron chi connectivity index (χ2n) is 6.76. The van der Waals surface area contributed by atoms with Gasteiger partial charge >= 0.3 is 0 Å². The molecule has 0 aliphatic heterocycles. The van der Waals surface area contributed by atoms with E-state index >= 15 is 0 Å². The van der Waals surface area contributed by atoms with Crippen molar-refractivity contribution in [1.82, 2.24) is 0 Å². The Morgan fingerprint density at radius 1 is 0.706 bits per heavy atom. The topological polar surface area (TPSA) is 18.5 Å². The van der Waals surface area contributed by atoms with Crippen LogP contribution in [0.1, 0.15) is 55.4 Å². The third kappa shape index (κ3) is 10.0. The first-order valence-corrected chi connectivity index (χ1v) is 11.1. The molecule has 2 atom stereocenters. The van der Waals surface area contributed by atoms with Crippen LogP contribution in [0.25, 0.3) is 0 Å². The monoisotopic (exact) mass is 276 g/mol. The molecule has 104 valence electrons. The first-order chi connectivity index (χ1) is 7.57. The standard InChI is InChI=1S/C13H32O2Si2/c1-9-16(14-12(3,4)5)11-17(10-2)15-13(6,7)8/h16-17H,9-11H2,1-8H3. The summed E-state index contributed by atoms with van der Waals surface area (Å²) in [6.45, 7) is 17.5. The van der Waals surface area contributed by atoms with Crippen molar-refractivity contribution in [2.24, 2.45) is 0 Å². The molecule has 0 bridgehead atoms. The van der Waals surface area contributed by atoms with E-state index in [9.17, 15) is 0 Å². The van der Waals surface area contributed by atoms with E-state index in [1.54, 1.807) is 0 Å². The van der Waals surface area contributed by atoms with E-state index in [0.717, 1.165) is 0 Å². The van der Waals surface area contributed by atoms with E-state index in [1.165, 1.54) is 17.8 Å². The summed E-state index contributed by atoms with van der Waals surface area (Å²) in [5.74, 6) is 0. The average molecular weight is 277 g/mol. The highest BCUT2D eigenvalue weighted by molar-refractivity contribution is 6.71. The SMILES string of the molecule is CC[SiH](C[SiH](CC)OC(C)(C)C)OC(C)(C)C. The van der Waals surface area contributed by atoms with E-state index in [1.807, 2.05) is 0 Å². The fraction of sp³-hybridized carbons (Fsp3) is 1.00.